The molecule has 0 spiro atoms. The van der Waals surface area contributed by atoms with Gasteiger partial charge in [0.15, 0.2) is 0 Å². The molecule has 3 heteroatoms. The summed E-state index contributed by atoms with van der Waals surface area (Å²) in [6.07, 6.45) is 0. The van der Waals surface area contributed by atoms with Crippen molar-refractivity contribution < 1.29 is 8.78 Å². The van der Waals surface area contributed by atoms with Gasteiger partial charge in [0, 0.05) is 0 Å². The van der Waals surface area contributed by atoms with Gasteiger partial charge in [0.05, 0.1) is 0 Å². The summed E-state index contributed by atoms with van der Waals surface area (Å²) in [6.45, 7) is 6.16. The van der Waals surface area contributed by atoms with E-state index in [9.17, 15) is 8.78 Å². The Balaban J connectivity index is 2.09. The molecule has 3 rings (SSSR count). The van der Waals surface area contributed by atoms with E-state index in [4.69, 9.17) is 0 Å². The zero-order valence-electron chi connectivity index (χ0n) is 11.4. The molecule has 1 saturated heterocycles. The van der Waals surface area contributed by atoms with Crippen molar-refractivity contribution in [3.63, 3.8) is 0 Å². The second-order valence-corrected chi connectivity index (χ2v) is 14.4. The van der Waals surface area contributed by atoms with Gasteiger partial charge in [0.2, 0.25) is 0 Å². The Morgan fingerprint density at radius 2 is 1.35 bits per heavy atom. The van der Waals surface area contributed by atoms with Crippen molar-refractivity contribution in [2.75, 3.05) is 0 Å². The van der Waals surface area contributed by atoms with Crippen LogP contribution in [0.5, 0.6) is 0 Å². The predicted octanol–water partition coefficient (Wildman–Crippen LogP) is 3.49. The Bertz CT molecular complexity index is 598. The second kappa shape index (κ2) is 4.85. The third-order valence-electron chi connectivity index (χ3n) is 4.27. The fraction of sp³-hybridized carbons (Fsp3) is 0.176. The molecule has 1 fully saturated rings. The quantitative estimate of drug-likeness (QED) is 0.597. The Labute approximate surface area is 120 Å². The molecule has 0 amide bonds. The Morgan fingerprint density at radius 1 is 0.950 bits per heavy atom. The first-order valence-electron chi connectivity index (χ1n) is 6.71. The third-order valence-corrected chi connectivity index (χ3v) is 15.1. The van der Waals surface area contributed by atoms with E-state index in [1.54, 1.807) is 0 Å². The number of hydrogen-bond acceptors (Lipinski definition) is 0. The van der Waals surface area contributed by atoms with Crippen molar-refractivity contribution in [2.45, 2.75) is 16.9 Å². The van der Waals surface area contributed by atoms with Gasteiger partial charge in [-0.05, 0) is 0 Å². The first kappa shape index (κ1) is 13.6. The number of hydrogen-bond donors (Lipinski definition) is 0. The van der Waals surface area contributed by atoms with Crippen LogP contribution in [0.1, 0.15) is 6.92 Å². The molecule has 0 aromatic heterocycles. The Kier molecular flexibility index (Phi) is 3.29. The molecule has 20 heavy (non-hydrogen) atoms. The van der Waals surface area contributed by atoms with E-state index in [0.717, 1.165) is 5.25 Å². The van der Waals surface area contributed by atoms with E-state index < -0.39 is 13.3 Å². The summed E-state index contributed by atoms with van der Waals surface area (Å²) >= 11 is -2.47. The number of allylic oxidation sites excluding steroid dienone is 1. The zero-order chi connectivity index (χ0) is 14.3. The van der Waals surface area contributed by atoms with Crippen LogP contribution in [0.15, 0.2) is 60.7 Å². The molecular formula is C17H16F2Ge. The van der Waals surface area contributed by atoms with Gasteiger partial charge in [0.25, 0.3) is 0 Å². The average molecular weight is 331 g/mol. The molecule has 1 atom stereocenters. The van der Waals surface area contributed by atoms with Gasteiger partial charge in [0.1, 0.15) is 0 Å². The van der Waals surface area contributed by atoms with Gasteiger partial charge >= 0.3 is 120 Å². The van der Waals surface area contributed by atoms with Crippen molar-refractivity contribution in [3.05, 3.63) is 72.3 Å². The summed E-state index contributed by atoms with van der Waals surface area (Å²) in [4.78, 5) is 0. The van der Waals surface area contributed by atoms with Crippen LogP contribution >= 0.6 is 0 Å². The summed E-state index contributed by atoms with van der Waals surface area (Å²) in [5.41, 5.74) is 1.19. The first-order valence-corrected chi connectivity index (χ1v) is 11.5. The van der Waals surface area contributed by atoms with Gasteiger partial charge < -0.3 is 0 Å². The molecule has 0 bridgehead atoms. The Morgan fingerprint density at radius 3 is 1.65 bits per heavy atom. The number of halogens is 2. The molecule has 1 aliphatic heterocycles. The standard InChI is InChI=1S/C17H16F2Ge/c1-12(2)17-11-20(17,15-7-3-13(18)4-8-15)16-9-5-14(19)6-10-16/h3-10,17H,1,11H2,2H3. The van der Waals surface area contributed by atoms with E-state index in [2.05, 4.69) is 13.5 Å². The topological polar surface area (TPSA) is 0 Å². The molecule has 0 aliphatic carbocycles. The van der Waals surface area contributed by atoms with E-state index in [1.165, 1.54) is 38.6 Å². The molecule has 0 nitrogen and oxygen atoms in total. The normalized spacial score (nSPS) is 19.6. The monoisotopic (exact) mass is 332 g/mol. The van der Waals surface area contributed by atoms with E-state index in [1.807, 2.05) is 24.3 Å². The molecule has 2 aromatic rings. The van der Waals surface area contributed by atoms with Crippen molar-refractivity contribution in [3.8, 4) is 0 Å². The molecule has 1 aliphatic rings. The van der Waals surface area contributed by atoms with Crippen LogP contribution in [-0.2, 0) is 0 Å². The molecule has 1 heterocycles. The molecule has 2 aromatic carbocycles. The predicted molar refractivity (Wildman–Crippen MR) is 81.2 cm³/mol. The van der Waals surface area contributed by atoms with Crippen LogP contribution < -0.4 is 8.79 Å². The summed E-state index contributed by atoms with van der Waals surface area (Å²) in [5, 5.41) is 1.13. The molecular weight excluding hydrogens is 315 g/mol. The fourth-order valence-electron chi connectivity index (χ4n) is 3.16. The van der Waals surface area contributed by atoms with Crippen molar-refractivity contribution >= 4 is 22.1 Å². The summed E-state index contributed by atoms with van der Waals surface area (Å²) < 4.78 is 29.4. The van der Waals surface area contributed by atoms with Crippen LogP contribution in [0.2, 0.25) is 10.0 Å². The third kappa shape index (κ3) is 2.12. The minimum atomic E-state index is -2.47. The van der Waals surface area contributed by atoms with Crippen molar-refractivity contribution in [1.29, 1.82) is 0 Å². The van der Waals surface area contributed by atoms with E-state index >= 15 is 0 Å². The second-order valence-electron chi connectivity index (χ2n) is 5.59. The van der Waals surface area contributed by atoms with Gasteiger partial charge in [-0.25, -0.2) is 0 Å². The molecule has 1 unspecified atom stereocenters. The maximum absolute atomic E-state index is 13.2. The Hall–Kier alpha value is -1.42. The molecule has 0 radical (unpaired) electrons. The maximum atomic E-state index is 13.2. The first-order chi connectivity index (χ1) is 9.54. The summed E-state index contributed by atoms with van der Waals surface area (Å²) in [5.74, 6) is -0.420. The van der Waals surface area contributed by atoms with Gasteiger partial charge in [-0.2, -0.15) is 0 Å². The van der Waals surface area contributed by atoms with Crippen LogP contribution in [-0.4, -0.2) is 13.3 Å². The molecule has 102 valence electrons. The SMILES string of the molecule is C=C(C)[CH]1[CH2][Ge]1([c]1ccc(F)cc1)[c]1ccc(F)cc1. The van der Waals surface area contributed by atoms with Gasteiger partial charge in [-0.3, -0.25) is 0 Å². The number of benzene rings is 2. The molecule has 0 saturated carbocycles. The van der Waals surface area contributed by atoms with Gasteiger partial charge in [-0.1, -0.05) is 0 Å². The van der Waals surface area contributed by atoms with Crippen LogP contribution in [0.3, 0.4) is 0 Å². The van der Waals surface area contributed by atoms with Crippen molar-refractivity contribution in [1.82, 2.24) is 0 Å². The summed E-state index contributed by atoms with van der Waals surface area (Å²) in [7, 11) is 0. The van der Waals surface area contributed by atoms with E-state index in [-0.39, 0.29) is 11.6 Å². The fourth-order valence-corrected chi connectivity index (χ4v) is 15.6. The minimum absolute atomic E-state index is 0.210. The van der Waals surface area contributed by atoms with E-state index in [0.29, 0.717) is 4.75 Å². The van der Waals surface area contributed by atoms with Crippen LogP contribution in [0.25, 0.3) is 0 Å². The van der Waals surface area contributed by atoms with Gasteiger partial charge in [-0.15, -0.1) is 0 Å². The summed E-state index contributed by atoms with van der Waals surface area (Å²) in [6, 6.07) is 13.7. The zero-order valence-corrected chi connectivity index (χ0v) is 13.5. The van der Waals surface area contributed by atoms with Crippen LogP contribution in [0, 0.1) is 11.6 Å². The molecule has 0 N–H and O–H groups in total. The van der Waals surface area contributed by atoms with Crippen LogP contribution in [0.4, 0.5) is 8.78 Å². The average Bonchev–Trinajstić information content (AvgIpc) is 3.17. The van der Waals surface area contributed by atoms with Crippen molar-refractivity contribution in [2.24, 2.45) is 0 Å². The number of rotatable bonds is 3.